The minimum absolute atomic E-state index is 0.0942. The van der Waals surface area contributed by atoms with Crippen molar-refractivity contribution in [3.05, 3.63) is 23.0 Å². The van der Waals surface area contributed by atoms with Crippen molar-refractivity contribution in [2.75, 3.05) is 26.7 Å². The predicted octanol–water partition coefficient (Wildman–Crippen LogP) is 1.61. The van der Waals surface area contributed by atoms with Crippen molar-refractivity contribution >= 4 is 29.4 Å². The van der Waals surface area contributed by atoms with E-state index in [1.165, 1.54) is 4.90 Å². The van der Waals surface area contributed by atoms with Gasteiger partial charge in [-0.2, -0.15) is 0 Å². The Hall–Kier alpha value is -2.02. The number of aliphatic imine (C=N–C) groups is 1. The van der Waals surface area contributed by atoms with Gasteiger partial charge in [0, 0.05) is 51.9 Å². The number of piperidine rings is 1. The molecule has 1 aliphatic rings. The highest BCUT2D eigenvalue weighted by Gasteiger charge is 2.25. The van der Waals surface area contributed by atoms with E-state index in [2.05, 4.69) is 10.3 Å². The molecule has 1 aromatic rings. The lowest BCUT2D eigenvalue weighted by molar-refractivity contribution is -0.147. The fraction of sp³-hybridized carbons (Fsp3) is 0.588. The number of aryl methyl sites for hydroxylation is 1. The molecule has 2 rings (SSSR count). The molecule has 0 unspecified atom stereocenters. The molecule has 25 heavy (non-hydrogen) atoms. The summed E-state index contributed by atoms with van der Waals surface area (Å²) in [6.07, 6.45) is 3.41. The van der Waals surface area contributed by atoms with Crippen LogP contribution in [-0.2, 0) is 23.2 Å². The second-order valence-corrected chi connectivity index (χ2v) is 6.58. The average Bonchev–Trinajstić information content (AvgIpc) is 2.86. The Balaban J connectivity index is 1.98. The van der Waals surface area contributed by atoms with Crippen LogP contribution in [0, 0.1) is 0 Å². The Morgan fingerprint density at radius 2 is 2.04 bits per heavy atom. The van der Waals surface area contributed by atoms with E-state index in [-0.39, 0.29) is 11.8 Å². The summed E-state index contributed by atoms with van der Waals surface area (Å²) in [5.74, 6) is 0.545. The van der Waals surface area contributed by atoms with Gasteiger partial charge in [0.25, 0.3) is 0 Å². The molecule has 1 saturated heterocycles. The van der Waals surface area contributed by atoms with Gasteiger partial charge in [0.15, 0.2) is 5.96 Å². The van der Waals surface area contributed by atoms with Gasteiger partial charge in [-0.1, -0.05) is 11.6 Å². The lowest BCUT2D eigenvalue weighted by atomic mass is 10.1. The summed E-state index contributed by atoms with van der Waals surface area (Å²) in [5.41, 5.74) is 1.07. The minimum Gasteiger partial charge on any atom is -0.357 e. The van der Waals surface area contributed by atoms with Gasteiger partial charge in [-0.05, 0) is 19.4 Å². The lowest BCUT2D eigenvalue weighted by Gasteiger charge is -2.25. The number of halogens is 1. The Morgan fingerprint density at radius 1 is 1.36 bits per heavy atom. The summed E-state index contributed by atoms with van der Waals surface area (Å²) in [7, 11) is 3.90. The topological polar surface area (TPSA) is 69.9 Å². The Labute approximate surface area is 153 Å². The zero-order chi connectivity index (χ0) is 18.4. The van der Waals surface area contributed by atoms with Crippen molar-refractivity contribution in [2.24, 2.45) is 12.0 Å². The highest BCUT2D eigenvalue weighted by Crippen LogP contribution is 2.14. The molecule has 0 radical (unpaired) electrons. The summed E-state index contributed by atoms with van der Waals surface area (Å²) in [4.78, 5) is 31.5. The van der Waals surface area contributed by atoms with Gasteiger partial charge in [0.1, 0.15) is 0 Å². The van der Waals surface area contributed by atoms with Gasteiger partial charge < -0.3 is 14.8 Å². The van der Waals surface area contributed by atoms with Crippen LogP contribution >= 0.6 is 11.6 Å². The van der Waals surface area contributed by atoms with Crippen LogP contribution in [0.1, 0.15) is 31.9 Å². The second-order valence-electron chi connectivity index (χ2n) is 6.14. The molecule has 0 aromatic carbocycles. The van der Waals surface area contributed by atoms with Crippen LogP contribution < -0.4 is 5.32 Å². The fourth-order valence-corrected chi connectivity index (χ4v) is 3.09. The van der Waals surface area contributed by atoms with Gasteiger partial charge in [-0.15, -0.1) is 0 Å². The zero-order valence-electron chi connectivity index (χ0n) is 15.1. The van der Waals surface area contributed by atoms with Crippen LogP contribution in [0.4, 0.5) is 0 Å². The molecule has 1 fully saturated rings. The average molecular weight is 368 g/mol. The number of imide groups is 1. The maximum atomic E-state index is 11.8. The smallest absolute Gasteiger partial charge is 0.229 e. The number of amides is 2. The molecule has 2 amide bonds. The van der Waals surface area contributed by atoms with Crippen molar-refractivity contribution in [1.82, 2.24) is 19.7 Å². The standard InChI is InChI=1S/C17H26ClN5O2/c1-4-19-17(22(3)12-14-10-13(18)11-21(14)2)20-8-9-23-15(24)6-5-7-16(23)25/h10-11H,4-9,12H2,1-3H3,(H,19,20). The summed E-state index contributed by atoms with van der Waals surface area (Å²) in [5, 5.41) is 3.94. The molecular weight excluding hydrogens is 342 g/mol. The lowest BCUT2D eigenvalue weighted by Crippen LogP contribution is -2.42. The van der Waals surface area contributed by atoms with Crippen LogP contribution in [0.3, 0.4) is 0 Å². The number of nitrogens with one attached hydrogen (secondary N) is 1. The first-order valence-electron chi connectivity index (χ1n) is 8.55. The zero-order valence-corrected chi connectivity index (χ0v) is 15.8. The van der Waals surface area contributed by atoms with E-state index in [0.29, 0.717) is 43.9 Å². The van der Waals surface area contributed by atoms with Crippen molar-refractivity contribution in [3.63, 3.8) is 0 Å². The van der Waals surface area contributed by atoms with E-state index in [9.17, 15) is 9.59 Å². The third-order valence-electron chi connectivity index (χ3n) is 4.14. The molecule has 1 N–H and O–H groups in total. The van der Waals surface area contributed by atoms with Gasteiger partial charge in [0.05, 0.1) is 18.1 Å². The predicted molar refractivity (Wildman–Crippen MR) is 98.4 cm³/mol. The number of likely N-dealkylation sites (tertiary alicyclic amines) is 1. The summed E-state index contributed by atoms with van der Waals surface area (Å²) >= 11 is 6.03. The van der Waals surface area contributed by atoms with Gasteiger partial charge in [-0.25, -0.2) is 0 Å². The molecule has 7 nitrogen and oxygen atoms in total. The second kappa shape index (κ2) is 8.89. The van der Waals surface area contributed by atoms with Crippen molar-refractivity contribution < 1.29 is 9.59 Å². The molecule has 0 aliphatic carbocycles. The molecule has 1 aromatic heterocycles. The van der Waals surface area contributed by atoms with Crippen LogP contribution in [-0.4, -0.2) is 58.8 Å². The van der Waals surface area contributed by atoms with Crippen molar-refractivity contribution in [2.45, 2.75) is 32.7 Å². The molecule has 0 atom stereocenters. The van der Waals surface area contributed by atoms with Crippen molar-refractivity contribution in [3.8, 4) is 0 Å². The number of hydrogen-bond acceptors (Lipinski definition) is 3. The first kappa shape index (κ1) is 19.3. The first-order valence-corrected chi connectivity index (χ1v) is 8.93. The minimum atomic E-state index is -0.0942. The maximum absolute atomic E-state index is 11.8. The van der Waals surface area contributed by atoms with Crippen molar-refractivity contribution in [1.29, 1.82) is 0 Å². The Kier molecular flexibility index (Phi) is 6.87. The number of carbonyl (C=O) groups excluding carboxylic acids is 2. The van der Waals surface area contributed by atoms with E-state index >= 15 is 0 Å². The molecule has 8 heteroatoms. The number of rotatable bonds is 6. The van der Waals surface area contributed by atoms with Gasteiger partial charge >= 0.3 is 0 Å². The van der Waals surface area contributed by atoms with E-state index < -0.39 is 0 Å². The number of nitrogens with zero attached hydrogens (tertiary/aromatic N) is 4. The summed E-state index contributed by atoms with van der Waals surface area (Å²) < 4.78 is 1.98. The summed E-state index contributed by atoms with van der Waals surface area (Å²) in [6, 6.07) is 1.92. The van der Waals surface area contributed by atoms with E-state index in [1.54, 1.807) is 0 Å². The Bertz CT molecular complexity index is 639. The van der Waals surface area contributed by atoms with Gasteiger partial charge in [0.2, 0.25) is 11.8 Å². The molecule has 0 bridgehead atoms. The highest BCUT2D eigenvalue weighted by atomic mass is 35.5. The van der Waals surface area contributed by atoms with E-state index in [4.69, 9.17) is 11.6 Å². The largest absolute Gasteiger partial charge is 0.357 e. The van der Waals surface area contributed by atoms with Gasteiger partial charge in [-0.3, -0.25) is 19.5 Å². The molecular formula is C17H26ClN5O2. The Morgan fingerprint density at radius 3 is 2.60 bits per heavy atom. The van der Waals surface area contributed by atoms with Crippen LogP contribution in [0.25, 0.3) is 0 Å². The molecule has 138 valence electrons. The maximum Gasteiger partial charge on any atom is 0.229 e. The number of hydrogen-bond donors (Lipinski definition) is 1. The van der Waals surface area contributed by atoms with Crippen LogP contribution in [0.15, 0.2) is 17.3 Å². The monoisotopic (exact) mass is 367 g/mol. The first-order chi connectivity index (χ1) is 11.9. The van der Waals surface area contributed by atoms with E-state index in [1.807, 2.05) is 42.7 Å². The number of guanidine groups is 1. The molecule has 0 saturated carbocycles. The third kappa shape index (κ3) is 5.22. The number of aromatic nitrogens is 1. The normalized spacial score (nSPS) is 15.7. The molecule has 0 spiro atoms. The van der Waals surface area contributed by atoms with Crippen LogP contribution in [0.5, 0.6) is 0 Å². The summed E-state index contributed by atoms with van der Waals surface area (Å²) in [6.45, 7) is 4.10. The molecule has 1 aliphatic heterocycles. The fourth-order valence-electron chi connectivity index (χ4n) is 2.82. The number of carbonyl (C=O) groups is 2. The van der Waals surface area contributed by atoms with E-state index in [0.717, 1.165) is 18.2 Å². The highest BCUT2D eigenvalue weighted by molar-refractivity contribution is 6.30. The SMILES string of the molecule is CCNC(=NCCN1C(=O)CCCC1=O)N(C)Cc1cc(Cl)cn1C. The quantitative estimate of drug-likeness (QED) is 0.471. The third-order valence-corrected chi connectivity index (χ3v) is 4.35. The van der Waals surface area contributed by atoms with Crippen LogP contribution in [0.2, 0.25) is 5.02 Å². The molecule has 2 heterocycles.